The van der Waals surface area contributed by atoms with Crippen LogP contribution in [0.25, 0.3) is 11.0 Å². The molecular formula is C29H30FN3O3. The topological polar surface area (TPSA) is 67.6 Å². The highest BCUT2D eigenvalue weighted by Gasteiger charge is 2.35. The molecule has 1 aliphatic rings. The van der Waals surface area contributed by atoms with Crippen LogP contribution in [-0.4, -0.2) is 39.8 Å². The Labute approximate surface area is 210 Å². The van der Waals surface area contributed by atoms with Crippen LogP contribution in [0, 0.1) is 5.82 Å². The Hall–Kier alpha value is -3.71. The zero-order valence-corrected chi connectivity index (χ0v) is 20.5. The molecule has 1 aromatic heterocycles. The molecule has 4 aromatic rings. The number of hydrogen-bond acceptors (Lipinski definition) is 4. The molecule has 7 heteroatoms. The number of nitrogens with zero attached hydrogens (tertiary/aromatic N) is 3. The maximum Gasteiger partial charge on any atom is 0.227 e. The van der Waals surface area contributed by atoms with Crippen molar-refractivity contribution in [1.29, 1.82) is 0 Å². The molecule has 1 aliphatic heterocycles. The number of imidazole rings is 1. The standard InChI is InChI=1S/C29H30FN3O3/c1-19(2)20-10-12-25(13-11-20)36-18-24(34)17-33-27-9-4-3-8-26(27)31-29(33)21-14-28(35)32(16-21)23-7-5-6-22(30)15-23/h3-13,15,19,21,24,34H,14,16-18H2,1-2H3/t21-,24+/m1/s1. The summed E-state index contributed by atoms with van der Waals surface area (Å²) in [6.45, 7) is 5.10. The summed E-state index contributed by atoms with van der Waals surface area (Å²) in [7, 11) is 0. The van der Waals surface area contributed by atoms with Crippen LogP contribution in [-0.2, 0) is 11.3 Å². The largest absolute Gasteiger partial charge is 0.491 e. The molecule has 1 fully saturated rings. The van der Waals surface area contributed by atoms with Gasteiger partial charge in [0, 0.05) is 24.6 Å². The molecule has 186 valence electrons. The maximum atomic E-state index is 13.8. The minimum absolute atomic E-state index is 0.0714. The van der Waals surface area contributed by atoms with E-state index in [9.17, 15) is 14.3 Å². The Morgan fingerprint density at radius 2 is 1.86 bits per heavy atom. The van der Waals surface area contributed by atoms with E-state index in [-0.39, 0.29) is 37.2 Å². The number of amides is 1. The van der Waals surface area contributed by atoms with Crippen molar-refractivity contribution in [2.75, 3.05) is 18.1 Å². The Kier molecular flexibility index (Phi) is 6.74. The van der Waals surface area contributed by atoms with E-state index in [1.807, 2.05) is 53.1 Å². The third kappa shape index (κ3) is 4.97. The molecule has 0 unspecified atom stereocenters. The van der Waals surface area contributed by atoms with Crippen molar-refractivity contribution in [3.63, 3.8) is 0 Å². The first kappa shape index (κ1) is 24.0. The van der Waals surface area contributed by atoms with Gasteiger partial charge in [0.15, 0.2) is 0 Å². The molecule has 6 nitrogen and oxygen atoms in total. The van der Waals surface area contributed by atoms with Gasteiger partial charge in [0.25, 0.3) is 0 Å². The predicted molar refractivity (Wildman–Crippen MR) is 138 cm³/mol. The van der Waals surface area contributed by atoms with Gasteiger partial charge in [0.1, 0.15) is 30.1 Å². The molecule has 1 saturated heterocycles. The van der Waals surface area contributed by atoms with Crippen molar-refractivity contribution >= 4 is 22.6 Å². The number of aliphatic hydroxyl groups is 1. The first-order chi connectivity index (χ1) is 17.4. The average molecular weight is 488 g/mol. The van der Waals surface area contributed by atoms with E-state index < -0.39 is 6.10 Å². The Morgan fingerprint density at radius 3 is 2.61 bits per heavy atom. The van der Waals surface area contributed by atoms with Gasteiger partial charge in [-0.25, -0.2) is 9.37 Å². The highest BCUT2D eigenvalue weighted by atomic mass is 19.1. The average Bonchev–Trinajstić information content (AvgIpc) is 3.43. The highest BCUT2D eigenvalue weighted by Crippen LogP contribution is 2.33. The van der Waals surface area contributed by atoms with Crippen LogP contribution in [0.5, 0.6) is 5.75 Å². The molecule has 1 N–H and O–H groups in total. The van der Waals surface area contributed by atoms with Crippen LogP contribution in [0.15, 0.2) is 72.8 Å². The molecule has 0 bridgehead atoms. The number of benzene rings is 3. The van der Waals surface area contributed by atoms with Crippen molar-refractivity contribution in [3.8, 4) is 5.75 Å². The van der Waals surface area contributed by atoms with Gasteiger partial charge >= 0.3 is 0 Å². The summed E-state index contributed by atoms with van der Waals surface area (Å²) in [5, 5.41) is 10.9. The highest BCUT2D eigenvalue weighted by molar-refractivity contribution is 5.96. The van der Waals surface area contributed by atoms with Gasteiger partial charge < -0.3 is 19.3 Å². The summed E-state index contributed by atoms with van der Waals surface area (Å²) < 4.78 is 21.6. The molecule has 0 saturated carbocycles. The first-order valence-electron chi connectivity index (χ1n) is 12.3. The molecule has 0 radical (unpaired) electrons. The number of aromatic nitrogens is 2. The van der Waals surface area contributed by atoms with Gasteiger partial charge in [0.05, 0.1) is 17.6 Å². The third-order valence-corrected chi connectivity index (χ3v) is 6.68. The van der Waals surface area contributed by atoms with Crippen molar-refractivity contribution in [2.45, 2.75) is 44.8 Å². The number of fused-ring (bicyclic) bond motifs is 1. The SMILES string of the molecule is CC(C)c1ccc(OC[C@@H](O)Cn2c([C@@H]3CC(=O)N(c4cccc(F)c4)C3)nc3ccccc32)cc1. The fourth-order valence-electron chi connectivity index (χ4n) is 4.78. The van der Waals surface area contributed by atoms with Crippen LogP contribution >= 0.6 is 0 Å². The van der Waals surface area contributed by atoms with Gasteiger partial charge in [-0.15, -0.1) is 0 Å². The van der Waals surface area contributed by atoms with Gasteiger partial charge in [0.2, 0.25) is 5.91 Å². The van der Waals surface area contributed by atoms with Crippen molar-refractivity contribution in [3.05, 3.63) is 90.0 Å². The van der Waals surface area contributed by atoms with Gasteiger partial charge in [-0.05, 0) is 53.9 Å². The lowest BCUT2D eigenvalue weighted by Crippen LogP contribution is -2.26. The van der Waals surface area contributed by atoms with Crippen LogP contribution in [0.2, 0.25) is 0 Å². The van der Waals surface area contributed by atoms with Crippen LogP contribution in [0.3, 0.4) is 0 Å². The quantitative estimate of drug-likeness (QED) is 0.368. The van der Waals surface area contributed by atoms with Crippen LogP contribution in [0.1, 0.15) is 43.5 Å². The second-order valence-electron chi connectivity index (χ2n) is 9.64. The van der Waals surface area contributed by atoms with E-state index in [1.165, 1.54) is 17.7 Å². The fourth-order valence-corrected chi connectivity index (χ4v) is 4.78. The van der Waals surface area contributed by atoms with E-state index >= 15 is 0 Å². The van der Waals surface area contributed by atoms with Gasteiger partial charge in [-0.3, -0.25) is 4.79 Å². The minimum Gasteiger partial charge on any atom is -0.491 e. The summed E-state index contributed by atoms with van der Waals surface area (Å²) in [6.07, 6.45) is -0.503. The van der Waals surface area contributed by atoms with E-state index in [2.05, 4.69) is 13.8 Å². The number of carbonyl (C=O) groups is 1. The number of halogens is 1. The molecule has 1 amide bonds. The third-order valence-electron chi connectivity index (χ3n) is 6.68. The van der Waals surface area contributed by atoms with E-state index in [1.54, 1.807) is 17.0 Å². The molecule has 0 aliphatic carbocycles. The lowest BCUT2D eigenvalue weighted by molar-refractivity contribution is -0.117. The van der Waals surface area contributed by atoms with Crippen molar-refractivity contribution in [1.82, 2.24) is 9.55 Å². The zero-order valence-electron chi connectivity index (χ0n) is 20.5. The summed E-state index contributed by atoms with van der Waals surface area (Å²) in [5.41, 5.74) is 3.48. The number of hydrogen-bond donors (Lipinski definition) is 1. The Morgan fingerprint density at radius 1 is 1.08 bits per heavy atom. The maximum absolute atomic E-state index is 13.8. The van der Waals surface area contributed by atoms with E-state index in [4.69, 9.17) is 9.72 Å². The lowest BCUT2D eigenvalue weighted by Gasteiger charge is -2.19. The fraction of sp³-hybridized carbons (Fsp3) is 0.310. The zero-order chi connectivity index (χ0) is 25.2. The smallest absolute Gasteiger partial charge is 0.227 e. The van der Waals surface area contributed by atoms with Gasteiger partial charge in [-0.2, -0.15) is 0 Å². The Balaban J connectivity index is 1.34. The van der Waals surface area contributed by atoms with Gasteiger partial charge in [-0.1, -0.05) is 44.2 Å². The molecular weight excluding hydrogens is 457 g/mol. The minimum atomic E-state index is -0.775. The molecule has 0 spiro atoms. The van der Waals surface area contributed by atoms with Crippen molar-refractivity contribution in [2.24, 2.45) is 0 Å². The number of aliphatic hydroxyl groups excluding tert-OH is 1. The van der Waals surface area contributed by atoms with Crippen molar-refractivity contribution < 1.29 is 19.0 Å². The number of anilines is 1. The number of para-hydroxylation sites is 2. The lowest BCUT2D eigenvalue weighted by atomic mass is 10.0. The van der Waals surface area contributed by atoms with E-state index in [0.29, 0.717) is 23.9 Å². The summed E-state index contributed by atoms with van der Waals surface area (Å²) in [4.78, 5) is 19.3. The molecule has 3 aromatic carbocycles. The predicted octanol–water partition coefficient (Wildman–Crippen LogP) is 5.26. The molecule has 2 heterocycles. The summed E-state index contributed by atoms with van der Waals surface area (Å²) >= 11 is 0. The summed E-state index contributed by atoms with van der Waals surface area (Å²) in [6, 6.07) is 21.7. The molecule has 2 atom stereocenters. The second-order valence-corrected chi connectivity index (χ2v) is 9.64. The normalized spacial score (nSPS) is 16.8. The molecule has 5 rings (SSSR count). The number of rotatable bonds is 8. The number of carbonyl (C=O) groups excluding carboxylic acids is 1. The second kappa shape index (κ2) is 10.1. The van der Waals surface area contributed by atoms with Crippen LogP contribution in [0.4, 0.5) is 10.1 Å². The monoisotopic (exact) mass is 487 g/mol. The number of ether oxygens (including phenoxy) is 1. The summed E-state index contributed by atoms with van der Waals surface area (Å²) in [5.74, 6) is 1.27. The van der Waals surface area contributed by atoms with Crippen LogP contribution < -0.4 is 9.64 Å². The Bertz CT molecular complexity index is 1370. The molecule has 36 heavy (non-hydrogen) atoms. The first-order valence-corrected chi connectivity index (χ1v) is 12.3. The van der Waals surface area contributed by atoms with E-state index in [0.717, 1.165) is 16.9 Å².